The first-order valence-electron chi connectivity index (χ1n) is 44.4. The summed E-state index contributed by atoms with van der Waals surface area (Å²) < 4.78 is 202. The first-order chi connectivity index (χ1) is 70.3. The minimum Gasteiger partial charge on any atom is -0.462 e. The van der Waals surface area contributed by atoms with E-state index in [1.54, 1.807) is 60.7 Å². The van der Waals surface area contributed by atoms with E-state index in [1.165, 1.54) is 141 Å². The smallest absolute Gasteiger partial charge is 0.407 e. The highest BCUT2D eigenvalue weighted by molar-refractivity contribution is 5.96. The average molecular weight is 2030 g/mol. The number of nitrogens with one attached hydrogen (secondary N) is 3. The Morgan fingerprint density at radius 3 is 1.01 bits per heavy atom. The summed E-state index contributed by atoms with van der Waals surface area (Å²) >= 11 is 0. The number of aliphatic hydroxyl groups excluding tert-OH is 2. The van der Waals surface area contributed by atoms with Crippen molar-refractivity contribution < 1.29 is 96.2 Å². The molecule has 0 fully saturated rings. The van der Waals surface area contributed by atoms with Crippen molar-refractivity contribution in [1.82, 2.24) is 83.7 Å². The van der Waals surface area contributed by atoms with Gasteiger partial charge in [-0.25, -0.2) is 67.4 Å². The summed E-state index contributed by atoms with van der Waals surface area (Å²) in [5.74, 6) is -9.77. The molecular formula is C103H84F12N18O14. The number of aromatic amines is 1. The van der Waals surface area contributed by atoms with Gasteiger partial charge in [-0.15, -0.1) is 0 Å². The number of carbonyl (C=O) groups excluding carboxylic acids is 2. The van der Waals surface area contributed by atoms with Crippen LogP contribution in [0.3, 0.4) is 0 Å². The number of aromatic nitrogens is 15. The van der Waals surface area contributed by atoms with Gasteiger partial charge in [0.05, 0.1) is 49.1 Å². The number of para-hydroxylation sites is 4. The molecule has 0 radical (unpaired) electrons. The van der Waals surface area contributed by atoms with Gasteiger partial charge in [0.2, 0.25) is 11.5 Å². The molecule has 147 heavy (non-hydrogen) atoms. The minimum atomic E-state index is -1.08. The molecule has 0 saturated heterocycles. The van der Waals surface area contributed by atoms with E-state index in [9.17, 15) is 96.5 Å². The van der Waals surface area contributed by atoms with E-state index in [0.717, 1.165) is 96.5 Å². The standard InChI is InChI=1S/C27H25F3N4O4.C24H19F3N4O3.C23H18F3N3O4.C22H17F3N4O2.C7H5N3O/c1-15-14-16(28)8-9-17(15)22-18-10-11-21(35)34(23-19(29)6-5-7-20(23)30)24(18)33-25(32-22)37-13-12-31-26(36)38-27(2,3)4;1-13-12-15(25)6-7-16(13)21-17-8-9-20(33)31(22-18(26)4-3-5-19(22)27)23(17)30-24(29-21)34-11-10-28-14(2)32;1-12-9-13(24)5-6-15(12)20-16-7-8-19(32)29(21-17(25)3-2-4-18(21)26)22(16)28-23(27-20)33-14(10-30)11-31;1-12-11-13(23)5-6-14(12)19-15-7-8-18(30)29(20-16(24)3-2-4-17(20)25)21(15)28-22(27-19)31-10-9-26;11-6-2-1-5-3-8-4-9-7(5)10-6/h5-11,14H,12-13H2,1-4H3,(H,31,36);3-9,12H,10-11H2,1-2H3,(H,28,32);2-9,14,30-31H,10-11H2,1H3;2-8,11H,9-10,26H2,1H3;1-4H,(H,8,9,10,11). The number of hydrogen-bond acceptors (Lipinski definition) is 25. The van der Waals surface area contributed by atoms with Gasteiger partial charge in [0, 0.05) is 99.2 Å². The number of rotatable bonds is 23. The fourth-order valence-corrected chi connectivity index (χ4v) is 15.0. The molecule has 18 aromatic rings. The normalized spacial score (nSPS) is 11.2. The number of H-pyrrole nitrogens is 1. The highest BCUT2D eigenvalue weighted by Crippen LogP contribution is 2.38. The van der Waals surface area contributed by atoms with Gasteiger partial charge >= 0.3 is 30.1 Å². The van der Waals surface area contributed by atoms with Crippen molar-refractivity contribution in [2.24, 2.45) is 5.73 Å². The van der Waals surface area contributed by atoms with Crippen LogP contribution in [-0.2, 0) is 9.53 Å². The quantitative estimate of drug-likeness (QED) is 0.0256. The van der Waals surface area contributed by atoms with Crippen molar-refractivity contribution in [3.63, 3.8) is 0 Å². The molecule has 0 unspecified atom stereocenters. The topological polar surface area (TPSA) is 421 Å². The Morgan fingerprint density at radius 1 is 0.401 bits per heavy atom. The number of aliphatic hydroxyl groups is 2. The summed E-state index contributed by atoms with van der Waals surface area (Å²) in [5.41, 5.74) is 4.67. The molecule has 0 bridgehead atoms. The van der Waals surface area contributed by atoms with E-state index in [0.29, 0.717) is 66.6 Å². The zero-order valence-corrected chi connectivity index (χ0v) is 78.7. The van der Waals surface area contributed by atoms with Crippen molar-refractivity contribution in [3.8, 4) is 91.8 Å². The van der Waals surface area contributed by atoms with Gasteiger partial charge in [-0.2, -0.15) is 39.9 Å². The number of alkyl carbamates (subject to hydrolysis) is 1. The zero-order chi connectivity index (χ0) is 106. The van der Waals surface area contributed by atoms with Gasteiger partial charge in [0.25, 0.3) is 22.2 Å². The molecular weight excluding hydrogens is 1940 g/mol. The maximum atomic E-state index is 14.8. The number of nitrogens with zero attached hydrogens (tertiary/aromatic N) is 14. The molecule has 0 spiro atoms. The summed E-state index contributed by atoms with van der Waals surface area (Å²) in [6.45, 7) is 12.4. The van der Waals surface area contributed by atoms with E-state index in [-0.39, 0.29) is 125 Å². The number of benzene rings is 8. The van der Waals surface area contributed by atoms with Crippen LogP contribution in [0, 0.1) is 97.5 Å². The molecule has 10 aromatic heterocycles. The summed E-state index contributed by atoms with van der Waals surface area (Å²) in [7, 11) is 0. The Balaban J connectivity index is 0.000000149. The number of amides is 2. The number of pyridine rings is 5. The van der Waals surface area contributed by atoms with Gasteiger partial charge < -0.3 is 55.2 Å². The maximum Gasteiger partial charge on any atom is 0.407 e. The van der Waals surface area contributed by atoms with Crippen LogP contribution in [0.25, 0.3) is 123 Å². The number of ether oxygens (including phenoxy) is 5. The van der Waals surface area contributed by atoms with Gasteiger partial charge in [0.15, 0.2) is 22.6 Å². The molecule has 0 atom stereocenters. The van der Waals surface area contributed by atoms with E-state index < -0.39 is 146 Å². The molecule has 0 aliphatic heterocycles. The Labute approximate surface area is 823 Å². The van der Waals surface area contributed by atoms with Crippen LogP contribution in [0.15, 0.2) is 243 Å². The van der Waals surface area contributed by atoms with Gasteiger partial charge in [-0.3, -0.25) is 47.0 Å². The number of nitrogens with two attached hydrogens (primary N) is 1. The fraction of sp³-hybridized carbons (Fsp3) is 0.175. The number of aryl methyl sites for hydroxylation is 4. The second-order valence-electron chi connectivity index (χ2n) is 33.0. The lowest BCUT2D eigenvalue weighted by Gasteiger charge is -2.19. The third-order valence-corrected chi connectivity index (χ3v) is 21.5. The fourth-order valence-electron chi connectivity index (χ4n) is 15.0. The van der Waals surface area contributed by atoms with Crippen molar-refractivity contribution in [2.45, 2.75) is 67.1 Å². The lowest BCUT2D eigenvalue weighted by atomic mass is 10.0. The molecule has 0 aliphatic carbocycles. The SMILES string of the molecule is CC(=O)NCCOc1nc(-c2ccc(F)cc2C)c2ccc(=O)n(-c3c(F)cccc3F)c2n1.Cc1cc(F)ccc1-c1nc(OC(CO)CO)nc2c1ccc(=O)n2-c1c(F)cccc1F.Cc1cc(F)ccc1-c1nc(OCCN)nc2c1ccc(=O)n2-c1c(F)cccc1F.Cc1cc(F)ccc1-c1nc(OCCNC(=O)OC(C)(C)C)nc2c1ccc(=O)n2-c1c(F)cccc1F.O=c1ccc2cncnc2[nH]1. The largest absolute Gasteiger partial charge is 0.462 e. The van der Waals surface area contributed by atoms with Gasteiger partial charge in [0.1, 0.15) is 136 Å². The summed E-state index contributed by atoms with van der Waals surface area (Å²) in [4.78, 5) is 130. The molecule has 18 rings (SSSR count). The zero-order valence-electron chi connectivity index (χ0n) is 78.7. The van der Waals surface area contributed by atoms with E-state index in [4.69, 9.17) is 29.4 Å². The summed E-state index contributed by atoms with van der Waals surface area (Å²) in [6, 6.07) is 41.6. The Kier molecular flexibility index (Phi) is 32.9. The molecule has 8 aromatic carbocycles. The Hall–Kier alpha value is -17.8. The third kappa shape index (κ3) is 24.4. The second kappa shape index (κ2) is 46.1. The van der Waals surface area contributed by atoms with Crippen LogP contribution in [0.4, 0.5) is 57.5 Å². The number of halogens is 12. The molecule has 0 saturated carbocycles. The lowest BCUT2D eigenvalue weighted by Crippen LogP contribution is -2.34. The minimum absolute atomic E-state index is 0.00193. The van der Waals surface area contributed by atoms with E-state index in [2.05, 4.69) is 65.5 Å². The predicted octanol–water partition coefficient (Wildman–Crippen LogP) is 15.5. The van der Waals surface area contributed by atoms with Gasteiger partial charge in [-0.05, 0) is 222 Å². The van der Waals surface area contributed by atoms with E-state index in [1.807, 2.05) is 0 Å². The number of fused-ring (bicyclic) bond motifs is 5. The monoisotopic (exact) mass is 2020 g/mol. The van der Waals surface area contributed by atoms with Crippen molar-refractivity contribution in [2.75, 3.05) is 52.7 Å². The molecule has 7 N–H and O–H groups in total. The van der Waals surface area contributed by atoms with Crippen LogP contribution in [0.2, 0.25) is 0 Å². The highest BCUT2D eigenvalue weighted by Gasteiger charge is 2.29. The maximum absolute atomic E-state index is 14.8. The molecule has 44 heteroatoms. The van der Waals surface area contributed by atoms with Crippen LogP contribution < -0.4 is 63.1 Å². The lowest BCUT2D eigenvalue weighted by molar-refractivity contribution is -0.119. The Bertz CT molecular complexity index is 8340. The van der Waals surface area contributed by atoms with Crippen LogP contribution in [-0.4, -0.2) is 160 Å². The second-order valence-corrected chi connectivity index (χ2v) is 33.0. The summed E-state index contributed by atoms with van der Waals surface area (Å²) in [6.07, 6.45) is 1.32. The highest BCUT2D eigenvalue weighted by atomic mass is 19.2. The van der Waals surface area contributed by atoms with Crippen LogP contribution >= 0.6 is 0 Å². The summed E-state index contributed by atoms with van der Waals surface area (Å²) in [5, 5.41) is 25.8. The Morgan fingerprint density at radius 2 is 0.707 bits per heavy atom. The van der Waals surface area contributed by atoms with Crippen LogP contribution in [0.5, 0.6) is 24.0 Å². The van der Waals surface area contributed by atoms with Gasteiger partial charge in [-0.1, -0.05) is 24.3 Å². The first-order valence-corrected chi connectivity index (χ1v) is 44.4. The number of carbonyl (C=O) groups is 2. The molecule has 32 nitrogen and oxygen atoms in total. The van der Waals surface area contributed by atoms with E-state index >= 15 is 0 Å². The number of hydrogen-bond donors (Lipinski definition) is 6. The molecule has 10 heterocycles. The van der Waals surface area contributed by atoms with Crippen molar-refractivity contribution in [3.05, 3.63) is 363 Å². The van der Waals surface area contributed by atoms with Crippen molar-refractivity contribution in [1.29, 1.82) is 0 Å². The molecule has 2 amide bonds. The first kappa shape index (κ1) is 105. The molecule has 0 aliphatic rings. The van der Waals surface area contributed by atoms with Crippen LogP contribution in [0.1, 0.15) is 49.9 Å². The average Bonchev–Trinajstić information content (AvgIpc) is 0.759. The van der Waals surface area contributed by atoms with Crippen molar-refractivity contribution >= 4 is 67.2 Å². The third-order valence-electron chi connectivity index (χ3n) is 21.5. The predicted molar refractivity (Wildman–Crippen MR) is 518 cm³/mol. The molecule has 754 valence electrons.